The second kappa shape index (κ2) is 10.3. The molecular formula is C22H39N3O2. The number of ether oxygens (including phenoxy) is 1. The Balaban J connectivity index is 1.90. The Morgan fingerprint density at radius 3 is 2.63 bits per heavy atom. The molecule has 1 heterocycles. The van der Waals surface area contributed by atoms with Gasteiger partial charge in [0.05, 0.1) is 0 Å². The maximum atomic E-state index is 12.7. The van der Waals surface area contributed by atoms with Crippen LogP contribution in [0.2, 0.25) is 0 Å². The van der Waals surface area contributed by atoms with E-state index in [0.717, 1.165) is 32.6 Å². The van der Waals surface area contributed by atoms with Crippen molar-refractivity contribution in [1.29, 1.82) is 0 Å². The first kappa shape index (κ1) is 22.0. The molecule has 2 rings (SSSR count). The Labute approximate surface area is 166 Å². The fraction of sp³-hybridized carbons (Fsp3) is 0.773. The monoisotopic (exact) mass is 377 g/mol. The molecule has 2 atom stereocenters. The van der Waals surface area contributed by atoms with Crippen molar-refractivity contribution in [3.8, 4) is 0 Å². The van der Waals surface area contributed by atoms with Crippen molar-refractivity contribution in [2.45, 2.75) is 45.6 Å². The molecule has 1 aliphatic carbocycles. The van der Waals surface area contributed by atoms with Gasteiger partial charge in [0, 0.05) is 32.7 Å². The topological polar surface area (TPSA) is 36.0 Å². The predicted molar refractivity (Wildman–Crippen MR) is 112 cm³/mol. The van der Waals surface area contributed by atoms with Gasteiger partial charge >= 0.3 is 6.09 Å². The third-order valence-corrected chi connectivity index (χ3v) is 5.11. The van der Waals surface area contributed by atoms with E-state index in [0.29, 0.717) is 18.4 Å². The zero-order valence-electron chi connectivity index (χ0n) is 18.0. The molecule has 1 saturated heterocycles. The maximum Gasteiger partial charge on any atom is 0.410 e. The first-order chi connectivity index (χ1) is 12.7. The number of likely N-dealkylation sites (N-methyl/N-ethyl adjacent to an activating group) is 1. The molecule has 5 nitrogen and oxygen atoms in total. The van der Waals surface area contributed by atoms with Gasteiger partial charge in [-0.25, -0.2) is 4.79 Å². The molecule has 1 aliphatic heterocycles. The number of likely N-dealkylation sites (tertiary alicyclic amines) is 1. The lowest BCUT2D eigenvalue weighted by atomic mass is 9.94. The number of hydrogen-bond donors (Lipinski definition) is 0. The number of carbonyl (C=O) groups excluding carboxylic acids is 1. The van der Waals surface area contributed by atoms with Crippen LogP contribution in [0.25, 0.3) is 0 Å². The first-order valence-electron chi connectivity index (χ1n) is 10.4. The number of amides is 1. The van der Waals surface area contributed by atoms with Gasteiger partial charge < -0.3 is 19.4 Å². The molecule has 1 amide bonds. The molecule has 0 radical (unpaired) electrons. The van der Waals surface area contributed by atoms with Gasteiger partial charge in [-0.1, -0.05) is 24.3 Å². The van der Waals surface area contributed by atoms with Gasteiger partial charge in [-0.2, -0.15) is 0 Å². The highest BCUT2D eigenvalue weighted by molar-refractivity contribution is 5.68. The fourth-order valence-corrected chi connectivity index (χ4v) is 3.78. The molecule has 2 aliphatic rings. The average Bonchev–Trinajstić information content (AvgIpc) is 2.58. The summed E-state index contributed by atoms with van der Waals surface area (Å²) >= 11 is 0. The molecule has 154 valence electrons. The van der Waals surface area contributed by atoms with Gasteiger partial charge in [-0.05, 0) is 72.5 Å². The van der Waals surface area contributed by atoms with E-state index in [9.17, 15) is 4.79 Å². The van der Waals surface area contributed by atoms with Gasteiger partial charge in [-0.3, -0.25) is 0 Å². The van der Waals surface area contributed by atoms with Gasteiger partial charge in [-0.15, -0.1) is 0 Å². The minimum absolute atomic E-state index is 0.179. The minimum atomic E-state index is -0.452. The SMILES string of the molecule is CN(C)CCN(CC1CCCN(CC2C=CC=CC2)C1)C(=O)OC(C)(C)C. The average molecular weight is 378 g/mol. The molecule has 0 aromatic rings. The largest absolute Gasteiger partial charge is 0.444 e. The summed E-state index contributed by atoms with van der Waals surface area (Å²) in [4.78, 5) is 19.3. The summed E-state index contributed by atoms with van der Waals surface area (Å²) in [6, 6.07) is 0. The molecule has 0 spiro atoms. The quantitative estimate of drug-likeness (QED) is 0.679. The smallest absolute Gasteiger partial charge is 0.410 e. The van der Waals surface area contributed by atoms with Crippen molar-refractivity contribution < 1.29 is 9.53 Å². The van der Waals surface area contributed by atoms with Crippen molar-refractivity contribution in [3.63, 3.8) is 0 Å². The van der Waals surface area contributed by atoms with Crippen molar-refractivity contribution in [1.82, 2.24) is 14.7 Å². The standard InChI is InChI=1S/C22H39N3O2/c1-22(2,3)27-21(26)25(15-14-23(4)5)18-20-12-9-13-24(17-20)16-19-10-7-6-8-11-19/h6-8,10,19-20H,9,11-18H2,1-5H3. The molecular weight excluding hydrogens is 338 g/mol. The summed E-state index contributed by atoms with van der Waals surface area (Å²) in [5, 5.41) is 0. The molecule has 0 N–H and O–H groups in total. The van der Waals surface area contributed by atoms with Crippen LogP contribution in [0.5, 0.6) is 0 Å². The fourth-order valence-electron chi connectivity index (χ4n) is 3.78. The van der Waals surface area contributed by atoms with E-state index < -0.39 is 5.60 Å². The molecule has 0 saturated carbocycles. The summed E-state index contributed by atoms with van der Waals surface area (Å²) in [7, 11) is 4.09. The van der Waals surface area contributed by atoms with E-state index in [1.807, 2.05) is 39.8 Å². The van der Waals surface area contributed by atoms with Crippen LogP contribution in [0.1, 0.15) is 40.0 Å². The van der Waals surface area contributed by atoms with Crippen LogP contribution < -0.4 is 0 Å². The lowest BCUT2D eigenvalue weighted by Crippen LogP contribution is -2.47. The van der Waals surface area contributed by atoms with Crippen molar-refractivity contribution in [3.05, 3.63) is 24.3 Å². The van der Waals surface area contributed by atoms with Crippen LogP contribution in [0.3, 0.4) is 0 Å². The maximum absolute atomic E-state index is 12.7. The predicted octanol–water partition coefficient (Wildman–Crippen LogP) is 3.63. The Hall–Kier alpha value is -1.33. The summed E-state index contributed by atoms with van der Waals surface area (Å²) in [5.74, 6) is 1.15. The molecule has 2 unspecified atom stereocenters. The van der Waals surface area contributed by atoms with E-state index in [4.69, 9.17) is 4.74 Å². The van der Waals surface area contributed by atoms with Crippen LogP contribution in [0.4, 0.5) is 4.79 Å². The van der Waals surface area contributed by atoms with Crippen molar-refractivity contribution >= 4 is 6.09 Å². The first-order valence-corrected chi connectivity index (χ1v) is 10.4. The lowest BCUT2D eigenvalue weighted by molar-refractivity contribution is 0.0174. The van der Waals surface area contributed by atoms with Crippen LogP contribution in [-0.4, -0.2) is 79.8 Å². The number of rotatable bonds is 7. The van der Waals surface area contributed by atoms with E-state index >= 15 is 0 Å². The highest BCUT2D eigenvalue weighted by Crippen LogP contribution is 2.22. The Bertz CT molecular complexity index is 522. The van der Waals surface area contributed by atoms with Gasteiger partial charge in [0.15, 0.2) is 0 Å². The van der Waals surface area contributed by atoms with Crippen molar-refractivity contribution in [2.24, 2.45) is 11.8 Å². The number of nitrogens with zero attached hydrogens (tertiary/aromatic N) is 3. The highest BCUT2D eigenvalue weighted by atomic mass is 16.6. The van der Waals surface area contributed by atoms with E-state index in [1.165, 1.54) is 19.4 Å². The molecule has 5 heteroatoms. The van der Waals surface area contributed by atoms with Crippen LogP contribution in [-0.2, 0) is 4.74 Å². The van der Waals surface area contributed by atoms with Gasteiger partial charge in [0.2, 0.25) is 0 Å². The highest BCUT2D eigenvalue weighted by Gasteiger charge is 2.28. The Morgan fingerprint density at radius 2 is 2.00 bits per heavy atom. The lowest BCUT2D eigenvalue weighted by Gasteiger charge is -2.37. The van der Waals surface area contributed by atoms with E-state index in [-0.39, 0.29) is 6.09 Å². The molecule has 0 bridgehead atoms. The third kappa shape index (κ3) is 8.48. The Kier molecular flexibility index (Phi) is 8.36. The normalized spacial score (nSPS) is 23.6. The second-order valence-electron chi connectivity index (χ2n) is 9.31. The summed E-state index contributed by atoms with van der Waals surface area (Å²) in [6.45, 7) is 11.5. The minimum Gasteiger partial charge on any atom is -0.444 e. The molecule has 0 aromatic heterocycles. The summed E-state index contributed by atoms with van der Waals surface area (Å²) in [6.07, 6.45) is 12.3. The molecule has 0 aromatic carbocycles. The van der Waals surface area contributed by atoms with Gasteiger partial charge in [0.1, 0.15) is 5.60 Å². The van der Waals surface area contributed by atoms with E-state index in [1.54, 1.807) is 0 Å². The summed E-state index contributed by atoms with van der Waals surface area (Å²) in [5.41, 5.74) is -0.452. The Morgan fingerprint density at radius 1 is 1.22 bits per heavy atom. The van der Waals surface area contributed by atoms with Crippen molar-refractivity contribution in [2.75, 3.05) is 53.4 Å². The van der Waals surface area contributed by atoms with Crippen LogP contribution >= 0.6 is 0 Å². The van der Waals surface area contributed by atoms with E-state index in [2.05, 4.69) is 34.1 Å². The van der Waals surface area contributed by atoms with Gasteiger partial charge in [0.25, 0.3) is 0 Å². The van der Waals surface area contributed by atoms with Crippen LogP contribution in [0.15, 0.2) is 24.3 Å². The third-order valence-electron chi connectivity index (χ3n) is 5.11. The number of allylic oxidation sites excluding steroid dienone is 3. The number of piperidine rings is 1. The number of carbonyl (C=O) groups is 1. The zero-order chi connectivity index (χ0) is 19.9. The second-order valence-corrected chi connectivity index (χ2v) is 9.31. The molecule has 27 heavy (non-hydrogen) atoms. The van der Waals surface area contributed by atoms with Crippen LogP contribution in [0, 0.1) is 11.8 Å². The number of hydrogen-bond acceptors (Lipinski definition) is 4. The zero-order valence-corrected chi connectivity index (χ0v) is 18.0. The molecule has 1 fully saturated rings. The summed E-state index contributed by atoms with van der Waals surface area (Å²) < 4.78 is 5.66.